The van der Waals surface area contributed by atoms with Crippen LogP contribution < -0.4 is 0 Å². The first-order valence-electron chi connectivity index (χ1n) is 10.6. The Balaban J connectivity index is 1.55. The molecule has 1 fully saturated rings. The minimum Gasteiger partial charge on any atom is -0.507 e. The Morgan fingerprint density at radius 2 is 1.53 bits per heavy atom. The first-order chi connectivity index (χ1) is 15.6. The Morgan fingerprint density at radius 3 is 2.28 bits per heavy atom. The van der Waals surface area contributed by atoms with E-state index in [0.717, 1.165) is 22.0 Å². The van der Waals surface area contributed by atoms with Crippen LogP contribution in [0.4, 0.5) is 0 Å². The van der Waals surface area contributed by atoms with Crippen molar-refractivity contribution in [3.63, 3.8) is 0 Å². The number of nitrogens with one attached hydrogen (secondary N) is 1. The molecule has 5 heteroatoms. The van der Waals surface area contributed by atoms with Gasteiger partial charge in [0, 0.05) is 29.2 Å². The second-order valence-corrected chi connectivity index (χ2v) is 7.88. The van der Waals surface area contributed by atoms with Gasteiger partial charge >= 0.3 is 0 Å². The maximum atomic E-state index is 13.1. The maximum absolute atomic E-state index is 13.1. The standard InChI is InChI=1S/C27H22N2O3/c30-25(19-11-5-2-6-12-19)23-24(18-9-3-1-4-10-18)29(27(32)26(23)31)16-15-20-17-28-22-14-8-7-13-21(20)22/h1-14,17,24,28,30H,15-16H2/b25-23+. The van der Waals surface area contributed by atoms with Crippen molar-refractivity contribution in [2.24, 2.45) is 0 Å². The molecular weight excluding hydrogens is 400 g/mol. The van der Waals surface area contributed by atoms with E-state index in [2.05, 4.69) is 4.98 Å². The van der Waals surface area contributed by atoms with Crippen molar-refractivity contribution in [2.75, 3.05) is 6.54 Å². The van der Waals surface area contributed by atoms with Crippen molar-refractivity contribution in [3.05, 3.63) is 113 Å². The van der Waals surface area contributed by atoms with Crippen molar-refractivity contribution >= 4 is 28.4 Å². The average Bonchev–Trinajstić information content (AvgIpc) is 3.37. The SMILES string of the molecule is O=C1C(=O)N(CCc2c[nH]c3ccccc23)C(c2ccccc2)/C1=C(\O)c1ccccc1. The Hall–Kier alpha value is -4.12. The van der Waals surface area contributed by atoms with E-state index < -0.39 is 17.7 Å². The van der Waals surface area contributed by atoms with Gasteiger partial charge in [-0.15, -0.1) is 0 Å². The molecule has 3 aromatic carbocycles. The summed E-state index contributed by atoms with van der Waals surface area (Å²) in [4.78, 5) is 31.0. The summed E-state index contributed by atoms with van der Waals surface area (Å²) in [6, 6.07) is 25.7. The van der Waals surface area contributed by atoms with Gasteiger partial charge in [-0.3, -0.25) is 9.59 Å². The fraction of sp³-hybridized carbons (Fsp3) is 0.111. The highest BCUT2D eigenvalue weighted by atomic mass is 16.3. The highest BCUT2D eigenvalue weighted by molar-refractivity contribution is 6.46. The number of carbonyl (C=O) groups excluding carboxylic acids is 2. The molecule has 1 saturated heterocycles. The molecule has 0 spiro atoms. The molecule has 2 heterocycles. The summed E-state index contributed by atoms with van der Waals surface area (Å²) < 4.78 is 0. The summed E-state index contributed by atoms with van der Waals surface area (Å²) >= 11 is 0. The highest BCUT2D eigenvalue weighted by Crippen LogP contribution is 2.39. The fourth-order valence-corrected chi connectivity index (χ4v) is 4.42. The molecule has 2 N–H and O–H groups in total. The zero-order valence-corrected chi connectivity index (χ0v) is 17.4. The van der Waals surface area contributed by atoms with Gasteiger partial charge < -0.3 is 15.0 Å². The van der Waals surface area contributed by atoms with Gasteiger partial charge in [0.25, 0.3) is 11.7 Å². The number of amides is 1. The van der Waals surface area contributed by atoms with Gasteiger partial charge in [0.1, 0.15) is 5.76 Å². The summed E-state index contributed by atoms with van der Waals surface area (Å²) in [7, 11) is 0. The number of aliphatic hydroxyl groups is 1. The lowest BCUT2D eigenvalue weighted by molar-refractivity contribution is -0.139. The van der Waals surface area contributed by atoms with E-state index in [1.54, 1.807) is 29.2 Å². The van der Waals surface area contributed by atoms with E-state index in [9.17, 15) is 14.7 Å². The number of benzene rings is 3. The van der Waals surface area contributed by atoms with Crippen molar-refractivity contribution in [2.45, 2.75) is 12.5 Å². The van der Waals surface area contributed by atoms with Crippen LogP contribution in [0.5, 0.6) is 0 Å². The van der Waals surface area contributed by atoms with E-state index in [4.69, 9.17) is 0 Å². The smallest absolute Gasteiger partial charge is 0.295 e. The maximum Gasteiger partial charge on any atom is 0.295 e. The third-order valence-corrected chi connectivity index (χ3v) is 6.00. The molecule has 0 saturated carbocycles. The lowest BCUT2D eigenvalue weighted by atomic mass is 9.95. The minimum absolute atomic E-state index is 0.131. The Kier molecular flexibility index (Phi) is 5.07. The second kappa shape index (κ2) is 8.19. The number of aliphatic hydroxyl groups excluding tert-OH is 1. The third kappa shape index (κ3) is 3.38. The van der Waals surface area contributed by atoms with Crippen LogP contribution in [0, 0.1) is 0 Å². The molecule has 1 aromatic heterocycles. The first kappa shape index (κ1) is 19.8. The zero-order chi connectivity index (χ0) is 22.1. The molecule has 0 aliphatic carbocycles. The van der Waals surface area contributed by atoms with Crippen molar-refractivity contribution in [1.82, 2.24) is 9.88 Å². The molecule has 5 rings (SSSR count). The van der Waals surface area contributed by atoms with Gasteiger partial charge in [0.05, 0.1) is 11.6 Å². The topological polar surface area (TPSA) is 73.4 Å². The molecule has 5 nitrogen and oxygen atoms in total. The molecule has 1 atom stereocenters. The number of hydrogen-bond acceptors (Lipinski definition) is 3. The van der Waals surface area contributed by atoms with Gasteiger partial charge in [-0.05, 0) is 23.6 Å². The summed E-state index contributed by atoms with van der Waals surface area (Å²) in [5.74, 6) is -1.39. The Morgan fingerprint density at radius 1 is 0.875 bits per heavy atom. The predicted octanol–water partition coefficient (Wildman–Crippen LogP) is 4.83. The van der Waals surface area contributed by atoms with E-state index >= 15 is 0 Å². The Bertz CT molecular complexity index is 1320. The van der Waals surface area contributed by atoms with Crippen molar-refractivity contribution in [3.8, 4) is 0 Å². The van der Waals surface area contributed by atoms with Gasteiger partial charge in [-0.25, -0.2) is 0 Å². The lowest BCUT2D eigenvalue weighted by Crippen LogP contribution is -2.31. The van der Waals surface area contributed by atoms with Gasteiger partial charge in [0.15, 0.2) is 0 Å². The van der Waals surface area contributed by atoms with Crippen LogP contribution in [0.25, 0.3) is 16.7 Å². The average molecular weight is 422 g/mol. The van der Waals surface area contributed by atoms with Gasteiger partial charge in [0.2, 0.25) is 0 Å². The molecular formula is C27H22N2O3. The van der Waals surface area contributed by atoms with E-state index in [0.29, 0.717) is 18.5 Å². The zero-order valence-electron chi connectivity index (χ0n) is 17.4. The molecule has 0 bridgehead atoms. The number of hydrogen-bond donors (Lipinski definition) is 2. The number of Topliss-reactive ketones (excluding diaryl/α,β-unsaturated/α-hetero) is 1. The quantitative estimate of drug-likeness (QED) is 0.275. The molecule has 32 heavy (non-hydrogen) atoms. The summed E-state index contributed by atoms with van der Waals surface area (Å²) in [5, 5.41) is 12.1. The van der Waals surface area contributed by atoms with E-state index in [1.807, 2.05) is 66.9 Å². The number of aromatic nitrogens is 1. The van der Waals surface area contributed by atoms with Crippen molar-refractivity contribution < 1.29 is 14.7 Å². The molecule has 4 aromatic rings. The number of rotatable bonds is 5. The number of ketones is 1. The molecule has 1 unspecified atom stereocenters. The van der Waals surface area contributed by atoms with Crippen molar-refractivity contribution in [1.29, 1.82) is 0 Å². The van der Waals surface area contributed by atoms with Crippen LogP contribution in [-0.4, -0.2) is 33.2 Å². The van der Waals surface area contributed by atoms with Crippen LogP contribution in [0.1, 0.15) is 22.7 Å². The monoisotopic (exact) mass is 422 g/mol. The normalized spacial score (nSPS) is 17.9. The number of carbonyl (C=O) groups is 2. The molecule has 158 valence electrons. The highest BCUT2D eigenvalue weighted by Gasteiger charge is 2.45. The Labute approximate surface area is 185 Å². The number of nitrogens with zero attached hydrogens (tertiary/aromatic N) is 1. The fourth-order valence-electron chi connectivity index (χ4n) is 4.42. The number of aromatic amines is 1. The molecule has 1 aliphatic heterocycles. The predicted molar refractivity (Wildman–Crippen MR) is 124 cm³/mol. The van der Waals surface area contributed by atoms with Crippen LogP contribution >= 0.6 is 0 Å². The van der Waals surface area contributed by atoms with Crippen LogP contribution in [0.3, 0.4) is 0 Å². The van der Waals surface area contributed by atoms with Crippen LogP contribution in [0.2, 0.25) is 0 Å². The number of para-hydroxylation sites is 1. The van der Waals surface area contributed by atoms with Gasteiger partial charge in [-0.2, -0.15) is 0 Å². The second-order valence-electron chi connectivity index (χ2n) is 7.88. The number of fused-ring (bicyclic) bond motifs is 1. The van der Waals surface area contributed by atoms with E-state index in [-0.39, 0.29) is 11.3 Å². The largest absolute Gasteiger partial charge is 0.507 e. The molecule has 0 radical (unpaired) electrons. The summed E-state index contributed by atoms with van der Waals surface area (Å²) in [6.45, 7) is 0.359. The number of likely N-dealkylation sites (tertiary alicyclic amines) is 1. The van der Waals surface area contributed by atoms with Crippen LogP contribution in [-0.2, 0) is 16.0 Å². The van der Waals surface area contributed by atoms with Crippen LogP contribution in [0.15, 0.2) is 96.7 Å². The minimum atomic E-state index is -0.654. The third-order valence-electron chi connectivity index (χ3n) is 6.00. The summed E-state index contributed by atoms with van der Waals surface area (Å²) in [6.07, 6.45) is 2.54. The van der Waals surface area contributed by atoms with Gasteiger partial charge in [-0.1, -0.05) is 78.9 Å². The number of H-pyrrole nitrogens is 1. The first-order valence-corrected chi connectivity index (χ1v) is 10.6. The van der Waals surface area contributed by atoms with E-state index in [1.165, 1.54) is 0 Å². The molecule has 1 aliphatic rings. The lowest BCUT2D eigenvalue weighted by Gasteiger charge is -2.25. The summed E-state index contributed by atoms with van der Waals surface area (Å²) in [5.41, 5.74) is 3.56. The molecule has 1 amide bonds.